The Balaban J connectivity index is 2.02. The topological polar surface area (TPSA) is 33.2 Å². The van der Waals surface area contributed by atoms with Crippen LogP contribution in [0.4, 0.5) is 14.5 Å². The summed E-state index contributed by atoms with van der Waals surface area (Å²) >= 11 is 5.74. The van der Waals surface area contributed by atoms with E-state index in [0.717, 1.165) is 6.07 Å². The number of anilines is 1. The average molecular weight is 309 g/mol. The van der Waals surface area contributed by atoms with Crippen LogP contribution in [0, 0.1) is 11.6 Å². The summed E-state index contributed by atoms with van der Waals surface area (Å²) in [6.45, 7) is 0.402. The summed E-state index contributed by atoms with van der Waals surface area (Å²) in [5.74, 6) is -1.71. The third-order valence-electron chi connectivity index (χ3n) is 3.43. The standard InChI is InChI=1S/C15H11ClF2N2O/c16-9-3-4-13(19-8-9)15(21)20-5-1-2-11-12(18)6-10(17)7-14(11)20/h3-4,6-8H,1-2,5H2. The Kier molecular flexibility index (Phi) is 3.59. The van der Waals surface area contributed by atoms with Crippen LogP contribution in [-0.4, -0.2) is 17.4 Å². The Morgan fingerprint density at radius 2 is 2.10 bits per heavy atom. The highest BCUT2D eigenvalue weighted by atomic mass is 35.5. The zero-order valence-corrected chi connectivity index (χ0v) is 11.7. The minimum atomic E-state index is -0.699. The largest absolute Gasteiger partial charge is 0.307 e. The predicted molar refractivity (Wildman–Crippen MR) is 75.6 cm³/mol. The third kappa shape index (κ3) is 2.61. The number of hydrogen-bond donors (Lipinski definition) is 0. The summed E-state index contributed by atoms with van der Waals surface area (Å²) < 4.78 is 27.2. The third-order valence-corrected chi connectivity index (χ3v) is 3.65. The Morgan fingerprint density at radius 3 is 2.81 bits per heavy atom. The van der Waals surface area contributed by atoms with Gasteiger partial charge in [0.05, 0.1) is 10.7 Å². The maximum absolute atomic E-state index is 13.8. The van der Waals surface area contributed by atoms with E-state index >= 15 is 0 Å². The predicted octanol–water partition coefficient (Wildman–Crippen LogP) is 3.61. The van der Waals surface area contributed by atoms with Crippen molar-refractivity contribution in [3.05, 3.63) is 58.4 Å². The molecule has 1 aromatic carbocycles. The zero-order valence-electron chi connectivity index (χ0n) is 10.9. The van der Waals surface area contributed by atoms with Crippen LogP contribution in [0.3, 0.4) is 0 Å². The molecular formula is C15H11ClF2N2O. The molecular weight excluding hydrogens is 298 g/mol. The Bertz CT molecular complexity index is 704. The lowest BCUT2D eigenvalue weighted by molar-refractivity contribution is 0.0980. The Labute approximate surface area is 125 Å². The maximum Gasteiger partial charge on any atom is 0.276 e. The second kappa shape index (κ2) is 5.41. The van der Waals surface area contributed by atoms with E-state index < -0.39 is 17.5 Å². The normalized spacial score (nSPS) is 14.0. The van der Waals surface area contributed by atoms with Crippen molar-refractivity contribution in [3.8, 4) is 0 Å². The molecule has 1 aromatic heterocycles. The van der Waals surface area contributed by atoms with Crippen LogP contribution >= 0.6 is 11.6 Å². The molecule has 2 heterocycles. The summed E-state index contributed by atoms with van der Waals surface area (Å²) in [7, 11) is 0. The second-order valence-corrected chi connectivity index (χ2v) is 5.24. The van der Waals surface area contributed by atoms with E-state index in [1.54, 1.807) is 6.07 Å². The average Bonchev–Trinajstić information content (AvgIpc) is 2.46. The maximum atomic E-state index is 13.8. The lowest BCUT2D eigenvalue weighted by Gasteiger charge is -2.29. The minimum Gasteiger partial charge on any atom is -0.307 e. The van der Waals surface area contributed by atoms with Crippen LogP contribution in [0.5, 0.6) is 0 Å². The summed E-state index contributed by atoms with van der Waals surface area (Å²) in [4.78, 5) is 17.8. The molecule has 1 aliphatic heterocycles. The summed E-state index contributed by atoms with van der Waals surface area (Å²) in [5, 5.41) is 0.419. The van der Waals surface area contributed by atoms with E-state index in [0.29, 0.717) is 30.0 Å². The summed E-state index contributed by atoms with van der Waals surface area (Å²) in [6.07, 6.45) is 2.47. The molecule has 0 bridgehead atoms. The molecule has 1 aliphatic rings. The number of amides is 1. The molecule has 2 aromatic rings. The first-order chi connectivity index (χ1) is 10.1. The highest BCUT2D eigenvalue weighted by Gasteiger charge is 2.27. The Hall–Kier alpha value is -2.01. The monoisotopic (exact) mass is 308 g/mol. The molecule has 6 heteroatoms. The van der Waals surface area contributed by atoms with Crippen LogP contribution in [-0.2, 0) is 6.42 Å². The van der Waals surface area contributed by atoms with Crippen molar-refractivity contribution in [1.29, 1.82) is 0 Å². The van der Waals surface area contributed by atoms with Gasteiger partial charge < -0.3 is 4.90 Å². The molecule has 21 heavy (non-hydrogen) atoms. The number of benzene rings is 1. The fraction of sp³-hybridized carbons (Fsp3) is 0.200. The van der Waals surface area contributed by atoms with Crippen molar-refractivity contribution in [2.45, 2.75) is 12.8 Å². The Morgan fingerprint density at radius 1 is 1.29 bits per heavy atom. The van der Waals surface area contributed by atoms with Gasteiger partial charge in [0.1, 0.15) is 17.3 Å². The van der Waals surface area contributed by atoms with Gasteiger partial charge in [-0.25, -0.2) is 13.8 Å². The molecule has 3 nitrogen and oxygen atoms in total. The van der Waals surface area contributed by atoms with Crippen molar-refractivity contribution in [3.63, 3.8) is 0 Å². The molecule has 0 atom stereocenters. The minimum absolute atomic E-state index is 0.192. The quantitative estimate of drug-likeness (QED) is 0.806. The molecule has 3 rings (SSSR count). The van der Waals surface area contributed by atoms with Crippen LogP contribution in [0.1, 0.15) is 22.5 Å². The van der Waals surface area contributed by atoms with E-state index in [1.807, 2.05) is 0 Å². The first-order valence-electron chi connectivity index (χ1n) is 6.47. The smallest absolute Gasteiger partial charge is 0.276 e. The van der Waals surface area contributed by atoms with Gasteiger partial charge in [-0.1, -0.05) is 11.6 Å². The van der Waals surface area contributed by atoms with Crippen molar-refractivity contribution in [1.82, 2.24) is 4.98 Å². The highest BCUT2D eigenvalue weighted by Crippen LogP contribution is 2.31. The number of hydrogen-bond acceptors (Lipinski definition) is 2. The van der Waals surface area contributed by atoms with Crippen molar-refractivity contribution < 1.29 is 13.6 Å². The number of halogens is 3. The van der Waals surface area contributed by atoms with E-state index in [4.69, 9.17) is 11.6 Å². The lowest BCUT2D eigenvalue weighted by Crippen LogP contribution is -2.36. The van der Waals surface area contributed by atoms with Crippen LogP contribution in [0.2, 0.25) is 5.02 Å². The van der Waals surface area contributed by atoms with E-state index in [1.165, 1.54) is 23.2 Å². The van der Waals surface area contributed by atoms with Gasteiger partial charge in [-0.2, -0.15) is 0 Å². The SMILES string of the molecule is O=C(c1ccc(Cl)cn1)N1CCCc2c(F)cc(F)cc21. The van der Waals surface area contributed by atoms with E-state index in [9.17, 15) is 13.6 Å². The highest BCUT2D eigenvalue weighted by molar-refractivity contribution is 6.30. The van der Waals surface area contributed by atoms with E-state index in [2.05, 4.69) is 4.98 Å². The fourth-order valence-corrected chi connectivity index (χ4v) is 2.58. The van der Waals surface area contributed by atoms with Gasteiger partial charge in [0.2, 0.25) is 0 Å². The van der Waals surface area contributed by atoms with Crippen LogP contribution < -0.4 is 4.90 Å². The second-order valence-electron chi connectivity index (χ2n) is 4.81. The number of carbonyl (C=O) groups excluding carboxylic acids is 1. The van der Waals surface area contributed by atoms with Crippen molar-refractivity contribution >= 4 is 23.2 Å². The van der Waals surface area contributed by atoms with Gasteiger partial charge in [-0.3, -0.25) is 4.79 Å². The van der Waals surface area contributed by atoms with Gasteiger partial charge in [0, 0.05) is 24.4 Å². The number of rotatable bonds is 1. The number of nitrogens with zero attached hydrogens (tertiary/aromatic N) is 2. The van der Waals surface area contributed by atoms with Gasteiger partial charge >= 0.3 is 0 Å². The molecule has 0 radical (unpaired) electrons. The molecule has 108 valence electrons. The molecule has 0 saturated carbocycles. The van der Waals surface area contributed by atoms with Gasteiger partial charge in [0.15, 0.2) is 0 Å². The molecule has 0 fully saturated rings. The van der Waals surface area contributed by atoms with Crippen LogP contribution in [0.15, 0.2) is 30.5 Å². The van der Waals surface area contributed by atoms with Gasteiger partial charge in [-0.05, 0) is 31.0 Å². The number of carbonyl (C=O) groups is 1. The first-order valence-corrected chi connectivity index (χ1v) is 6.85. The molecule has 1 amide bonds. The number of pyridine rings is 1. The summed E-state index contributed by atoms with van der Waals surface area (Å²) in [6, 6.07) is 5.08. The summed E-state index contributed by atoms with van der Waals surface area (Å²) in [5.41, 5.74) is 0.836. The van der Waals surface area contributed by atoms with Crippen molar-refractivity contribution in [2.24, 2.45) is 0 Å². The molecule has 0 unspecified atom stereocenters. The van der Waals surface area contributed by atoms with Crippen LogP contribution in [0.25, 0.3) is 0 Å². The molecule has 0 N–H and O–H groups in total. The number of aromatic nitrogens is 1. The van der Waals surface area contributed by atoms with Crippen molar-refractivity contribution in [2.75, 3.05) is 11.4 Å². The molecule has 0 aliphatic carbocycles. The number of fused-ring (bicyclic) bond motifs is 1. The molecule has 0 saturated heterocycles. The fourth-order valence-electron chi connectivity index (χ4n) is 2.46. The van der Waals surface area contributed by atoms with Gasteiger partial charge in [-0.15, -0.1) is 0 Å². The van der Waals surface area contributed by atoms with E-state index in [-0.39, 0.29) is 11.4 Å². The first kappa shape index (κ1) is 13.9. The zero-order chi connectivity index (χ0) is 15.0. The lowest BCUT2D eigenvalue weighted by atomic mass is 10.0. The van der Waals surface area contributed by atoms with Gasteiger partial charge in [0.25, 0.3) is 5.91 Å². The molecule has 0 spiro atoms.